The molecule has 39 heavy (non-hydrogen) atoms. The monoisotopic (exact) mass is 499 g/mol. The molecule has 0 fully saturated rings. The second kappa shape index (κ2) is 11.5. The van der Waals surface area contributed by atoms with Crippen LogP contribution in [0.3, 0.4) is 0 Å². The SMILES string of the molecule is C(=Cc1ccccc1N(c1cccc(-c2ccccc2)c1)c1cccc(-c2ccccc2)c1)c1ccccc1. The molecule has 0 saturated heterocycles. The fourth-order valence-electron chi connectivity index (χ4n) is 4.92. The molecule has 1 nitrogen and oxygen atoms in total. The Kier molecular flexibility index (Phi) is 7.14. The topological polar surface area (TPSA) is 3.24 Å². The lowest BCUT2D eigenvalue weighted by Gasteiger charge is -2.28. The molecule has 6 rings (SSSR count). The molecule has 6 aromatic carbocycles. The van der Waals surface area contributed by atoms with Gasteiger partial charge in [-0.1, -0.05) is 146 Å². The number of para-hydroxylation sites is 1. The first-order chi connectivity index (χ1) is 19.3. The highest BCUT2D eigenvalue weighted by Gasteiger charge is 2.16. The number of nitrogens with zero attached hydrogens (tertiary/aromatic N) is 1. The van der Waals surface area contributed by atoms with Crippen LogP contribution < -0.4 is 4.90 Å². The Hall–Kier alpha value is -5.14. The summed E-state index contributed by atoms with van der Waals surface area (Å²) in [6.07, 6.45) is 4.39. The minimum atomic E-state index is 1.11. The van der Waals surface area contributed by atoms with Crippen molar-refractivity contribution in [2.24, 2.45) is 0 Å². The molecule has 0 heterocycles. The third-order valence-corrected chi connectivity index (χ3v) is 6.86. The van der Waals surface area contributed by atoms with E-state index in [9.17, 15) is 0 Å². The first kappa shape index (κ1) is 24.2. The van der Waals surface area contributed by atoms with Gasteiger partial charge in [-0.2, -0.15) is 0 Å². The smallest absolute Gasteiger partial charge is 0.0534 e. The maximum absolute atomic E-state index is 2.36. The van der Waals surface area contributed by atoms with Gasteiger partial charge in [0.2, 0.25) is 0 Å². The van der Waals surface area contributed by atoms with E-state index in [0.717, 1.165) is 22.6 Å². The van der Waals surface area contributed by atoms with Gasteiger partial charge in [0.05, 0.1) is 5.69 Å². The van der Waals surface area contributed by atoms with Gasteiger partial charge in [0.1, 0.15) is 0 Å². The van der Waals surface area contributed by atoms with Crippen LogP contribution in [0.5, 0.6) is 0 Å². The van der Waals surface area contributed by atoms with Gasteiger partial charge in [-0.15, -0.1) is 0 Å². The van der Waals surface area contributed by atoms with Gasteiger partial charge in [0, 0.05) is 11.4 Å². The highest BCUT2D eigenvalue weighted by Crippen LogP contribution is 2.40. The summed E-state index contributed by atoms with van der Waals surface area (Å²) in [5.74, 6) is 0. The summed E-state index contributed by atoms with van der Waals surface area (Å²) in [6, 6.07) is 57.8. The molecule has 0 unspecified atom stereocenters. The molecule has 0 aliphatic heterocycles. The molecule has 1 heteroatoms. The summed E-state index contributed by atoms with van der Waals surface area (Å²) >= 11 is 0. The summed E-state index contributed by atoms with van der Waals surface area (Å²) in [5.41, 5.74) is 10.5. The molecule has 0 N–H and O–H groups in total. The van der Waals surface area contributed by atoms with E-state index in [0.29, 0.717) is 0 Å². The van der Waals surface area contributed by atoms with Gasteiger partial charge < -0.3 is 4.90 Å². The van der Waals surface area contributed by atoms with Gasteiger partial charge in [-0.25, -0.2) is 0 Å². The summed E-state index contributed by atoms with van der Waals surface area (Å²) < 4.78 is 0. The van der Waals surface area contributed by atoms with Crippen LogP contribution >= 0.6 is 0 Å². The largest absolute Gasteiger partial charge is 0.310 e. The van der Waals surface area contributed by atoms with Crippen LogP contribution in [-0.4, -0.2) is 0 Å². The summed E-state index contributed by atoms with van der Waals surface area (Å²) in [7, 11) is 0. The molecule has 186 valence electrons. The van der Waals surface area contributed by atoms with Crippen molar-refractivity contribution < 1.29 is 0 Å². The lowest BCUT2D eigenvalue weighted by atomic mass is 10.0. The Bertz CT molecular complexity index is 1600. The lowest BCUT2D eigenvalue weighted by Crippen LogP contribution is -2.11. The first-order valence-corrected chi connectivity index (χ1v) is 13.3. The van der Waals surface area contributed by atoms with Crippen LogP contribution in [0.15, 0.2) is 164 Å². The molecule has 0 aromatic heterocycles. The summed E-state index contributed by atoms with van der Waals surface area (Å²) in [4.78, 5) is 2.36. The van der Waals surface area contributed by atoms with Crippen LogP contribution in [0.4, 0.5) is 17.1 Å². The Balaban J connectivity index is 1.51. The number of benzene rings is 6. The molecule has 0 radical (unpaired) electrons. The Morgan fingerprint density at radius 1 is 0.359 bits per heavy atom. The molecule has 6 aromatic rings. The fourth-order valence-corrected chi connectivity index (χ4v) is 4.92. The van der Waals surface area contributed by atoms with Crippen molar-refractivity contribution in [3.8, 4) is 22.3 Å². The molecule has 0 saturated carbocycles. The van der Waals surface area contributed by atoms with Gasteiger partial charge in [0.15, 0.2) is 0 Å². The maximum Gasteiger partial charge on any atom is 0.0534 e. The molecule has 0 spiro atoms. The zero-order valence-corrected chi connectivity index (χ0v) is 21.7. The van der Waals surface area contributed by atoms with Crippen molar-refractivity contribution >= 4 is 29.2 Å². The molecule has 0 atom stereocenters. The van der Waals surface area contributed by atoms with E-state index in [4.69, 9.17) is 0 Å². The van der Waals surface area contributed by atoms with E-state index in [-0.39, 0.29) is 0 Å². The van der Waals surface area contributed by atoms with Crippen LogP contribution in [-0.2, 0) is 0 Å². The zero-order chi connectivity index (χ0) is 26.3. The molecular weight excluding hydrogens is 470 g/mol. The highest BCUT2D eigenvalue weighted by molar-refractivity contribution is 5.87. The van der Waals surface area contributed by atoms with E-state index in [1.54, 1.807) is 0 Å². The average molecular weight is 500 g/mol. The van der Waals surface area contributed by atoms with E-state index in [1.165, 1.54) is 27.8 Å². The normalized spacial score (nSPS) is 11.0. The minimum absolute atomic E-state index is 1.11. The molecule has 0 aliphatic rings. The third-order valence-electron chi connectivity index (χ3n) is 6.86. The second-order valence-corrected chi connectivity index (χ2v) is 9.47. The van der Waals surface area contributed by atoms with Crippen molar-refractivity contribution in [3.05, 3.63) is 175 Å². The summed E-state index contributed by atoms with van der Waals surface area (Å²) in [5, 5.41) is 0. The highest BCUT2D eigenvalue weighted by atomic mass is 15.1. The minimum Gasteiger partial charge on any atom is -0.310 e. The zero-order valence-electron chi connectivity index (χ0n) is 21.7. The van der Waals surface area contributed by atoms with Crippen LogP contribution in [0.2, 0.25) is 0 Å². The Labute approximate surface area is 231 Å². The van der Waals surface area contributed by atoms with Crippen LogP contribution in [0, 0.1) is 0 Å². The number of rotatable bonds is 7. The maximum atomic E-state index is 2.36. The molecule has 0 bridgehead atoms. The van der Waals surface area contributed by atoms with E-state index >= 15 is 0 Å². The Morgan fingerprint density at radius 3 is 1.38 bits per heavy atom. The second-order valence-electron chi connectivity index (χ2n) is 9.47. The van der Waals surface area contributed by atoms with Gasteiger partial charge in [0.25, 0.3) is 0 Å². The van der Waals surface area contributed by atoms with Gasteiger partial charge in [-0.05, 0) is 63.7 Å². The summed E-state index contributed by atoms with van der Waals surface area (Å²) in [6.45, 7) is 0. The number of hydrogen-bond donors (Lipinski definition) is 0. The van der Waals surface area contributed by atoms with Crippen LogP contribution in [0.25, 0.3) is 34.4 Å². The standard InChI is InChI=1S/C38H29N/c1-4-14-30(15-5-1)26-27-33-20-10-11-25-38(33)39(36-23-12-21-34(28-36)31-16-6-2-7-17-31)37-24-13-22-35(29-37)32-18-8-3-9-19-32/h1-29H. The van der Waals surface area contributed by atoms with Gasteiger partial charge >= 0.3 is 0 Å². The van der Waals surface area contributed by atoms with E-state index in [1.807, 2.05) is 6.07 Å². The van der Waals surface area contributed by atoms with Crippen molar-refractivity contribution in [2.75, 3.05) is 4.90 Å². The quantitative estimate of drug-likeness (QED) is 0.197. The van der Waals surface area contributed by atoms with Crippen molar-refractivity contribution in [1.82, 2.24) is 0 Å². The Morgan fingerprint density at radius 2 is 0.821 bits per heavy atom. The number of hydrogen-bond acceptors (Lipinski definition) is 1. The fraction of sp³-hybridized carbons (Fsp3) is 0. The number of anilines is 3. The molecular formula is C38H29N. The predicted molar refractivity (Wildman–Crippen MR) is 167 cm³/mol. The van der Waals surface area contributed by atoms with Crippen LogP contribution in [0.1, 0.15) is 11.1 Å². The van der Waals surface area contributed by atoms with Gasteiger partial charge in [-0.3, -0.25) is 0 Å². The molecule has 0 amide bonds. The average Bonchev–Trinajstić information content (AvgIpc) is 3.02. The lowest BCUT2D eigenvalue weighted by molar-refractivity contribution is 1.28. The predicted octanol–water partition coefficient (Wildman–Crippen LogP) is 10.7. The van der Waals surface area contributed by atoms with Crippen molar-refractivity contribution in [1.29, 1.82) is 0 Å². The first-order valence-electron chi connectivity index (χ1n) is 13.3. The van der Waals surface area contributed by atoms with Crippen molar-refractivity contribution in [2.45, 2.75) is 0 Å². The van der Waals surface area contributed by atoms with E-state index in [2.05, 4.69) is 175 Å². The van der Waals surface area contributed by atoms with Crippen molar-refractivity contribution in [3.63, 3.8) is 0 Å². The van der Waals surface area contributed by atoms with E-state index < -0.39 is 0 Å². The third kappa shape index (κ3) is 5.58. The molecule has 0 aliphatic carbocycles.